The van der Waals surface area contributed by atoms with Crippen LogP contribution < -0.4 is 5.11 Å². The van der Waals surface area contributed by atoms with Gasteiger partial charge in [-0.25, -0.2) is 9.78 Å². The number of hydrogen-bond donors (Lipinski definition) is 2. The molecule has 0 aliphatic rings. The van der Waals surface area contributed by atoms with Crippen molar-refractivity contribution in [2.45, 2.75) is 107 Å². The Kier molecular flexibility index (Phi) is 15.2. The number of pyridine rings is 1. The minimum Gasteiger partial charge on any atom is -0.869 e. The summed E-state index contributed by atoms with van der Waals surface area (Å²) < 4.78 is 0. The average molecular weight is 722 g/mol. The van der Waals surface area contributed by atoms with Crippen molar-refractivity contribution in [3.05, 3.63) is 111 Å². The van der Waals surface area contributed by atoms with Crippen LogP contribution in [-0.4, -0.2) is 32.6 Å². The van der Waals surface area contributed by atoms with E-state index in [0.717, 1.165) is 39.7 Å². The quantitative estimate of drug-likeness (QED) is 0.167. The Balaban J connectivity index is 0.000000409. The number of aromatic carboxylic acids is 1. The van der Waals surface area contributed by atoms with Crippen LogP contribution in [0.4, 0.5) is 11.4 Å². The standard InChI is InChI=1S/C29H35N3.C13H18O4.Co/c1-18(2)24-16-20(5)12-14-28(24)30-22(7)26-10-9-11-27(32-26)23(8)31-29-15-13-21(6)17-25(29)19(3)4;1-6(2)8-5-9(14)12(15)11(13(16)17)10(8)7(3)4;/h9-19H,1-8H3;5-7,14-15H,1-4H3,(H,16,17);/p-1. The second kappa shape index (κ2) is 18.1. The third-order valence-electron chi connectivity index (χ3n) is 8.42. The molecule has 2 N–H and O–H groups in total. The molecule has 1 heterocycles. The first-order valence-corrected chi connectivity index (χ1v) is 17.0. The molecule has 50 heavy (non-hydrogen) atoms. The molecule has 1 aromatic heterocycles. The number of rotatable bonds is 9. The number of nitrogens with zero attached hydrogens (tertiary/aromatic N) is 3. The Bertz CT molecular complexity index is 1780. The van der Waals surface area contributed by atoms with Gasteiger partial charge in [0.25, 0.3) is 0 Å². The zero-order valence-corrected chi connectivity index (χ0v) is 32.5. The number of aliphatic imine (C=N–C) groups is 2. The molecule has 0 aliphatic carbocycles. The summed E-state index contributed by atoms with van der Waals surface area (Å²) in [6.07, 6.45) is 0. The molecule has 0 saturated heterocycles. The van der Waals surface area contributed by atoms with Gasteiger partial charge in [-0.05, 0) is 104 Å². The molecule has 0 amide bonds. The van der Waals surface area contributed by atoms with E-state index in [0.29, 0.717) is 17.4 Å². The van der Waals surface area contributed by atoms with Crippen molar-refractivity contribution in [1.29, 1.82) is 0 Å². The molecule has 0 atom stereocenters. The SMILES string of the molecule is CC(=Nc1ccc(C)cc1C(C)C)c1cccc(C(C)=Nc2ccc(C)cc2C(C)C)n1.CC(C)c1cc(O)c([O-])c(C(=O)O)c1C(C)C.[Co]. The molecule has 0 bridgehead atoms. The third kappa shape index (κ3) is 10.4. The topological polar surface area (TPSA) is 118 Å². The van der Waals surface area contributed by atoms with E-state index in [1.165, 1.54) is 28.3 Å². The van der Waals surface area contributed by atoms with Crippen molar-refractivity contribution < 1.29 is 36.9 Å². The number of aryl methyl sites for hydroxylation is 2. The van der Waals surface area contributed by atoms with E-state index in [1.54, 1.807) is 0 Å². The first-order chi connectivity index (χ1) is 22.9. The van der Waals surface area contributed by atoms with Gasteiger partial charge in [0.2, 0.25) is 0 Å². The number of aromatic nitrogens is 1. The summed E-state index contributed by atoms with van der Waals surface area (Å²) in [4.78, 5) is 25.9. The third-order valence-corrected chi connectivity index (χ3v) is 8.42. The van der Waals surface area contributed by atoms with Gasteiger partial charge in [0.1, 0.15) is 5.75 Å². The predicted octanol–water partition coefficient (Wildman–Crippen LogP) is 10.6. The summed E-state index contributed by atoms with van der Waals surface area (Å²) >= 11 is 0. The molecule has 0 saturated carbocycles. The van der Waals surface area contributed by atoms with Crippen molar-refractivity contribution in [2.75, 3.05) is 0 Å². The van der Waals surface area contributed by atoms with E-state index in [1.807, 2.05) is 59.7 Å². The van der Waals surface area contributed by atoms with Gasteiger partial charge < -0.3 is 15.3 Å². The van der Waals surface area contributed by atoms with Crippen molar-refractivity contribution in [1.82, 2.24) is 4.98 Å². The van der Waals surface area contributed by atoms with Gasteiger partial charge in [-0.3, -0.25) is 9.98 Å². The van der Waals surface area contributed by atoms with Crippen LogP contribution in [0.15, 0.2) is 70.6 Å². The van der Waals surface area contributed by atoms with Crippen LogP contribution >= 0.6 is 0 Å². The molecule has 269 valence electrons. The first-order valence-electron chi connectivity index (χ1n) is 17.0. The van der Waals surface area contributed by atoms with Gasteiger partial charge in [-0.1, -0.05) is 103 Å². The summed E-state index contributed by atoms with van der Waals surface area (Å²) in [6, 6.07) is 20.4. The molecule has 0 fully saturated rings. The van der Waals surface area contributed by atoms with Crippen LogP contribution in [0.2, 0.25) is 0 Å². The number of carboxylic acid groups (broad SMARTS) is 1. The smallest absolute Gasteiger partial charge is 0.335 e. The Hall–Kier alpha value is -4.27. The molecule has 3 aromatic carbocycles. The number of aromatic hydroxyl groups is 1. The average Bonchev–Trinajstić information content (AvgIpc) is 3.03. The van der Waals surface area contributed by atoms with Crippen LogP contribution in [0.3, 0.4) is 0 Å². The summed E-state index contributed by atoms with van der Waals surface area (Å²) in [5.41, 5.74) is 11.6. The van der Waals surface area contributed by atoms with Crippen LogP contribution in [-0.2, 0) is 16.8 Å². The number of benzene rings is 3. The maximum Gasteiger partial charge on any atom is 0.335 e. The first kappa shape index (κ1) is 41.9. The Labute approximate surface area is 308 Å². The van der Waals surface area contributed by atoms with Crippen molar-refractivity contribution in [2.24, 2.45) is 9.98 Å². The van der Waals surface area contributed by atoms with Gasteiger partial charge in [0, 0.05) is 16.8 Å². The van der Waals surface area contributed by atoms with Crippen LogP contribution in [0.25, 0.3) is 0 Å². The van der Waals surface area contributed by atoms with Crippen LogP contribution in [0, 0.1) is 13.8 Å². The monoisotopic (exact) mass is 721 g/mol. The zero-order chi connectivity index (χ0) is 36.7. The maximum atomic E-state index is 11.7. The van der Waals surface area contributed by atoms with Crippen LogP contribution in [0.5, 0.6) is 11.5 Å². The summed E-state index contributed by atoms with van der Waals surface area (Å²) in [6.45, 7) is 24.6. The molecule has 1 radical (unpaired) electrons. The van der Waals surface area contributed by atoms with Gasteiger partial charge >= 0.3 is 5.97 Å². The van der Waals surface area contributed by atoms with Crippen molar-refractivity contribution in [3.8, 4) is 11.5 Å². The van der Waals surface area contributed by atoms with Crippen LogP contribution in [0.1, 0.15) is 148 Å². The number of phenols is 1. The minimum atomic E-state index is -1.28. The van der Waals surface area contributed by atoms with E-state index in [2.05, 4.69) is 77.9 Å². The van der Waals surface area contributed by atoms with E-state index >= 15 is 0 Å². The molecule has 0 spiro atoms. The molecule has 0 unspecified atom stereocenters. The molecule has 4 rings (SSSR count). The van der Waals surface area contributed by atoms with Crippen molar-refractivity contribution in [3.63, 3.8) is 0 Å². The predicted molar refractivity (Wildman–Crippen MR) is 201 cm³/mol. The van der Waals surface area contributed by atoms with E-state index < -0.39 is 17.5 Å². The Morgan fingerprint density at radius 3 is 1.46 bits per heavy atom. The van der Waals surface area contributed by atoms with E-state index in [9.17, 15) is 15.0 Å². The molecular weight excluding hydrogens is 669 g/mol. The Morgan fingerprint density at radius 1 is 0.680 bits per heavy atom. The second-order valence-electron chi connectivity index (χ2n) is 14.0. The summed E-state index contributed by atoms with van der Waals surface area (Å²) in [5.74, 6) is -1.76. The summed E-state index contributed by atoms with van der Waals surface area (Å²) in [5, 5.41) is 30.3. The molecule has 0 aliphatic heterocycles. The second-order valence-corrected chi connectivity index (χ2v) is 14.0. The molecular formula is C42H52CoN3O4-. The molecule has 8 heteroatoms. The van der Waals surface area contributed by atoms with E-state index in [4.69, 9.17) is 20.1 Å². The largest absolute Gasteiger partial charge is 0.869 e. The number of carboxylic acids is 1. The van der Waals surface area contributed by atoms with Crippen molar-refractivity contribution >= 4 is 28.8 Å². The minimum absolute atomic E-state index is 0. The van der Waals surface area contributed by atoms with Gasteiger partial charge in [-0.15, -0.1) is 0 Å². The Morgan fingerprint density at radius 2 is 1.10 bits per heavy atom. The number of carbonyl (C=O) groups is 1. The number of phenolic OH excluding ortho intramolecular Hbond substituents is 1. The fourth-order valence-corrected chi connectivity index (χ4v) is 5.79. The normalized spacial score (nSPS) is 11.9. The van der Waals surface area contributed by atoms with Gasteiger partial charge in [0.15, 0.2) is 0 Å². The maximum absolute atomic E-state index is 11.7. The zero-order valence-electron chi connectivity index (χ0n) is 31.5. The van der Waals surface area contributed by atoms with Gasteiger partial charge in [0.05, 0.1) is 39.7 Å². The van der Waals surface area contributed by atoms with E-state index in [-0.39, 0.29) is 34.2 Å². The van der Waals surface area contributed by atoms with Gasteiger partial charge in [-0.2, -0.15) is 0 Å². The summed E-state index contributed by atoms with van der Waals surface area (Å²) in [7, 11) is 0. The molecule has 4 aromatic rings. The molecule has 7 nitrogen and oxygen atoms in total. The fourth-order valence-electron chi connectivity index (χ4n) is 5.79. The number of hydrogen-bond acceptors (Lipinski definition) is 6. The fraction of sp³-hybridized carbons (Fsp3) is 0.381.